The molecule has 8 heteroatoms. The summed E-state index contributed by atoms with van der Waals surface area (Å²) in [4.78, 5) is 12.2. The molecule has 1 heterocycles. The highest BCUT2D eigenvalue weighted by Crippen LogP contribution is 2.24. The summed E-state index contributed by atoms with van der Waals surface area (Å²) >= 11 is 0. The van der Waals surface area contributed by atoms with E-state index < -0.39 is 10.0 Å². The molecule has 27 heavy (non-hydrogen) atoms. The molecule has 0 aliphatic carbocycles. The second-order valence-corrected chi connectivity index (χ2v) is 7.43. The van der Waals surface area contributed by atoms with Gasteiger partial charge in [-0.05, 0) is 55.0 Å². The Morgan fingerprint density at radius 3 is 2.37 bits per heavy atom. The van der Waals surface area contributed by atoms with Crippen molar-refractivity contribution in [1.29, 1.82) is 0 Å². The monoisotopic (exact) mass is 386 g/mol. The van der Waals surface area contributed by atoms with Gasteiger partial charge in [0, 0.05) is 11.4 Å². The molecule has 1 amide bonds. The van der Waals surface area contributed by atoms with Gasteiger partial charge in [-0.3, -0.25) is 9.52 Å². The molecule has 0 spiro atoms. The highest BCUT2D eigenvalue weighted by molar-refractivity contribution is 7.92. The SMILES string of the molecule is COc1ccc(NS(=O)(=O)c2cc(NC(=O)c3ccoc3)ccc2C)cc1. The van der Waals surface area contributed by atoms with Crippen LogP contribution in [0.15, 0.2) is 70.4 Å². The number of ether oxygens (including phenoxy) is 1. The van der Waals surface area contributed by atoms with Gasteiger partial charge in [-0.2, -0.15) is 0 Å². The molecule has 7 nitrogen and oxygen atoms in total. The molecule has 0 aliphatic rings. The van der Waals surface area contributed by atoms with Crippen LogP contribution < -0.4 is 14.8 Å². The number of aryl methyl sites for hydroxylation is 1. The Labute approximate surface area is 157 Å². The first kappa shape index (κ1) is 18.5. The molecule has 0 bridgehead atoms. The second-order valence-electron chi connectivity index (χ2n) is 5.78. The molecule has 0 aliphatic heterocycles. The summed E-state index contributed by atoms with van der Waals surface area (Å²) in [5, 5.41) is 2.66. The molecule has 0 unspecified atom stereocenters. The third-order valence-corrected chi connectivity index (χ3v) is 5.38. The number of sulfonamides is 1. The predicted octanol–water partition coefficient (Wildman–Crippen LogP) is 3.65. The van der Waals surface area contributed by atoms with Crippen molar-refractivity contribution in [3.8, 4) is 5.75 Å². The van der Waals surface area contributed by atoms with Crippen LogP contribution in [0, 0.1) is 6.92 Å². The Bertz CT molecular complexity index is 1040. The second kappa shape index (κ2) is 7.55. The van der Waals surface area contributed by atoms with E-state index in [1.54, 1.807) is 43.3 Å². The van der Waals surface area contributed by atoms with Crippen LogP contribution in [-0.2, 0) is 10.0 Å². The maximum atomic E-state index is 12.8. The fourth-order valence-corrected chi connectivity index (χ4v) is 3.76. The molecule has 1 aromatic heterocycles. The summed E-state index contributed by atoms with van der Waals surface area (Å²) in [6, 6.07) is 12.7. The zero-order valence-electron chi connectivity index (χ0n) is 14.7. The Balaban J connectivity index is 1.84. The minimum absolute atomic E-state index is 0.0725. The van der Waals surface area contributed by atoms with Crippen LogP contribution >= 0.6 is 0 Å². The average Bonchev–Trinajstić information content (AvgIpc) is 3.18. The van der Waals surface area contributed by atoms with E-state index in [9.17, 15) is 13.2 Å². The number of rotatable bonds is 6. The summed E-state index contributed by atoms with van der Waals surface area (Å²) in [6.45, 7) is 1.68. The van der Waals surface area contributed by atoms with Crippen LogP contribution in [-0.4, -0.2) is 21.4 Å². The van der Waals surface area contributed by atoms with Gasteiger partial charge < -0.3 is 14.5 Å². The van der Waals surface area contributed by atoms with E-state index in [2.05, 4.69) is 10.0 Å². The van der Waals surface area contributed by atoms with Crippen LogP contribution in [0.5, 0.6) is 5.75 Å². The molecule has 2 aromatic carbocycles. The van der Waals surface area contributed by atoms with Crippen molar-refractivity contribution in [2.45, 2.75) is 11.8 Å². The lowest BCUT2D eigenvalue weighted by Crippen LogP contribution is -2.16. The molecule has 0 saturated carbocycles. The van der Waals surface area contributed by atoms with Crippen molar-refractivity contribution >= 4 is 27.3 Å². The third-order valence-electron chi connectivity index (χ3n) is 3.86. The van der Waals surface area contributed by atoms with Crippen molar-refractivity contribution in [3.05, 3.63) is 72.2 Å². The Hall–Kier alpha value is -3.26. The van der Waals surface area contributed by atoms with Gasteiger partial charge in [0.05, 0.1) is 23.8 Å². The van der Waals surface area contributed by atoms with E-state index >= 15 is 0 Å². The summed E-state index contributed by atoms with van der Waals surface area (Å²) in [6.07, 6.45) is 2.70. The Morgan fingerprint density at radius 2 is 1.74 bits per heavy atom. The van der Waals surface area contributed by atoms with Crippen LogP contribution in [0.4, 0.5) is 11.4 Å². The number of hydrogen-bond donors (Lipinski definition) is 2. The Morgan fingerprint density at radius 1 is 1.04 bits per heavy atom. The van der Waals surface area contributed by atoms with E-state index in [1.165, 1.54) is 31.8 Å². The fourth-order valence-electron chi connectivity index (χ4n) is 2.43. The first-order chi connectivity index (χ1) is 12.9. The maximum absolute atomic E-state index is 12.8. The van der Waals surface area contributed by atoms with Gasteiger partial charge in [-0.15, -0.1) is 0 Å². The summed E-state index contributed by atoms with van der Waals surface area (Å²) in [5.41, 5.74) is 1.67. The zero-order valence-corrected chi connectivity index (χ0v) is 15.5. The number of methoxy groups -OCH3 is 1. The van der Waals surface area contributed by atoms with Gasteiger partial charge in [-0.25, -0.2) is 8.42 Å². The molecular formula is C19H18N2O5S. The van der Waals surface area contributed by atoms with E-state index in [1.807, 2.05) is 0 Å². The lowest BCUT2D eigenvalue weighted by atomic mass is 10.2. The molecule has 0 radical (unpaired) electrons. The average molecular weight is 386 g/mol. The van der Waals surface area contributed by atoms with Gasteiger partial charge >= 0.3 is 0 Å². The van der Waals surface area contributed by atoms with Gasteiger partial charge in [0.25, 0.3) is 15.9 Å². The zero-order chi connectivity index (χ0) is 19.4. The van der Waals surface area contributed by atoms with Crippen LogP contribution in [0.1, 0.15) is 15.9 Å². The lowest BCUT2D eigenvalue weighted by molar-refractivity contribution is 0.102. The van der Waals surface area contributed by atoms with Crippen molar-refractivity contribution < 1.29 is 22.4 Å². The van der Waals surface area contributed by atoms with E-state index in [4.69, 9.17) is 9.15 Å². The van der Waals surface area contributed by atoms with Crippen LogP contribution in [0.3, 0.4) is 0 Å². The van der Waals surface area contributed by atoms with Crippen LogP contribution in [0.2, 0.25) is 0 Å². The number of nitrogens with one attached hydrogen (secondary N) is 2. The van der Waals surface area contributed by atoms with E-state index in [-0.39, 0.29) is 10.8 Å². The molecule has 3 aromatic rings. The van der Waals surface area contributed by atoms with Crippen molar-refractivity contribution in [1.82, 2.24) is 0 Å². The molecular weight excluding hydrogens is 368 g/mol. The Kier molecular flexibility index (Phi) is 5.18. The standard InChI is InChI=1S/C19H18N2O5S/c1-13-3-4-16(20-19(22)14-9-10-26-12-14)11-18(13)27(23,24)21-15-5-7-17(25-2)8-6-15/h3-12,21H,1-2H3,(H,20,22). The molecule has 3 rings (SSSR count). The minimum Gasteiger partial charge on any atom is -0.497 e. The van der Waals surface area contributed by atoms with Gasteiger partial charge in [0.15, 0.2) is 0 Å². The van der Waals surface area contributed by atoms with E-state index in [0.29, 0.717) is 28.3 Å². The number of carbonyl (C=O) groups excluding carboxylic acids is 1. The number of hydrogen-bond acceptors (Lipinski definition) is 5. The number of benzene rings is 2. The lowest BCUT2D eigenvalue weighted by Gasteiger charge is -2.13. The number of carbonyl (C=O) groups is 1. The highest BCUT2D eigenvalue weighted by atomic mass is 32.2. The molecule has 0 atom stereocenters. The molecule has 0 fully saturated rings. The molecule has 140 valence electrons. The molecule has 0 saturated heterocycles. The number of anilines is 2. The first-order valence-corrected chi connectivity index (χ1v) is 9.48. The normalized spacial score (nSPS) is 11.0. The smallest absolute Gasteiger partial charge is 0.262 e. The summed E-state index contributed by atoms with van der Waals surface area (Å²) in [5.74, 6) is 0.233. The number of amides is 1. The number of furan rings is 1. The third kappa shape index (κ3) is 4.29. The van der Waals surface area contributed by atoms with Gasteiger partial charge in [-0.1, -0.05) is 6.07 Å². The predicted molar refractivity (Wildman–Crippen MR) is 102 cm³/mol. The minimum atomic E-state index is -3.84. The fraction of sp³-hybridized carbons (Fsp3) is 0.105. The largest absolute Gasteiger partial charge is 0.497 e. The van der Waals surface area contributed by atoms with Gasteiger partial charge in [0.2, 0.25) is 0 Å². The summed E-state index contributed by atoms with van der Waals surface area (Å²) in [7, 11) is -2.30. The maximum Gasteiger partial charge on any atom is 0.262 e. The van der Waals surface area contributed by atoms with Crippen LogP contribution in [0.25, 0.3) is 0 Å². The first-order valence-electron chi connectivity index (χ1n) is 8.00. The summed E-state index contributed by atoms with van der Waals surface area (Å²) < 4.78 is 38.0. The van der Waals surface area contributed by atoms with Gasteiger partial charge in [0.1, 0.15) is 12.0 Å². The van der Waals surface area contributed by atoms with E-state index in [0.717, 1.165) is 0 Å². The quantitative estimate of drug-likeness (QED) is 0.674. The highest BCUT2D eigenvalue weighted by Gasteiger charge is 2.18. The van der Waals surface area contributed by atoms with Crippen molar-refractivity contribution in [3.63, 3.8) is 0 Å². The molecule has 2 N–H and O–H groups in total. The van der Waals surface area contributed by atoms with Crippen molar-refractivity contribution in [2.75, 3.05) is 17.1 Å². The van der Waals surface area contributed by atoms with Crippen molar-refractivity contribution in [2.24, 2.45) is 0 Å². The topological polar surface area (TPSA) is 97.6 Å².